The zero-order chi connectivity index (χ0) is 17.8. The van der Waals surface area contributed by atoms with Crippen molar-refractivity contribution in [2.75, 3.05) is 26.7 Å². The van der Waals surface area contributed by atoms with E-state index in [1.807, 2.05) is 49.3 Å². The van der Waals surface area contributed by atoms with Crippen LogP contribution in [-0.2, 0) is 0 Å². The molecule has 1 aromatic heterocycles. The number of benzene rings is 1. The van der Waals surface area contributed by atoms with Crippen LogP contribution in [0.15, 0.2) is 30.5 Å². The van der Waals surface area contributed by atoms with Crippen molar-refractivity contribution in [2.24, 2.45) is 5.92 Å². The molecule has 1 aliphatic heterocycles. The maximum absolute atomic E-state index is 12.9. The predicted octanol–water partition coefficient (Wildman–Crippen LogP) is 3.30. The Labute approximate surface area is 154 Å². The van der Waals surface area contributed by atoms with Gasteiger partial charge in [-0.15, -0.1) is 0 Å². The molecule has 1 amide bonds. The number of rotatable bonds is 5. The number of halogens is 1. The van der Waals surface area contributed by atoms with Crippen molar-refractivity contribution in [1.29, 1.82) is 0 Å². The molecule has 1 fully saturated rings. The molecule has 2 heterocycles. The lowest BCUT2D eigenvalue weighted by Gasteiger charge is -2.32. The number of carbonyl (C=O) groups is 1. The van der Waals surface area contributed by atoms with Crippen LogP contribution in [0.5, 0.6) is 0 Å². The number of hydrogen-bond donors (Lipinski definition) is 1. The van der Waals surface area contributed by atoms with E-state index in [9.17, 15) is 4.79 Å². The van der Waals surface area contributed by atoms with Gasteiger partial charge in [-0.05, 0) is 70.0 Å². The van der Waals surface area contributed by atoms with Crippen molar-refractivity contribution in [3.8, 4) is 5.69 Å². The van der Waals surface area contributed by atoms with Gasteiger partial charge in [0.2, 0.25) is 0 Å². The molecule has 1 aromatic carbocycles. The average Bonchev–Trinajstić information content (AvgIpc) is 3.02. The minimum Gasteiger partial charge on any atom is -0.339 e. The van der Waals surface area contributed by atoms with Gasteiger partial charge in [0.25, 0.3) is 5.91 Å². The summed E-state index contributed by atoms with van der Waals surface area (Å²) in [4.78, 5) is 14.8. The van der Waals surface area contributed by atoms with Gasteiger partial charge in [-0.2, -0.15) is 5.10 Å². The van der Waals surface area contributed by atoms with Crippen molar-refractivity contribution >= 4 is 17.5 Å². The normalized spacial score (nSPS) is 15.6. The average molecular weight is 361 g/mol. The highest BCUT2D eigenvalue weighted by atomic mass is 35.5. The molecule has 0 unspecified atom stereocenters. The third kappa shape index (κ3) is 4.22. The number of likely N-dealkylation sites (tertiary alicyclic amines) is 1. The number of carbonyl (C=O) groups excluding carboxylic acids is 1. The molecule has 5 nitrogen and oxygen atoms in total. The van der Waals surface area contributed by atoms with E-state index in [0.717, 1.165) is 49.8 Å². The molecule has 3 rings (SSSR count). The van der Waals surface area contributed by atoms with Gasteiger partial charge in [-0.25, -0.2) is 4.68 Å². The summed E-state index contributed by atoms with van der Waals surface area (Å²) < 4.78 is 1.75. The number of nitrogens with one attached hydrogen (secondary N) is 1. The number of aromatic nitrogens is 2. The van der Waals surface area contributed by atoms with Gasteiger partial charge in [0.05, 0.1) is 16.9 Å². The molecule has 1 saturated heterocycles. The van der Waals surface area contributed by atoms with Gasteiger partial charge < -0.3 is 10.2 Å². The van der Waals surface area contributed by atoms with Crippen LogP contribution in [-0.4, -0.2) is 47.3 Å². The van der Waals surface area contributed by atoms with Crippen molar-refractivity contribution in [3.63, 3.8) is 0 Å². The Hall–Kier alpha value is -1.85. The second kappa shape index (κ2) is 8.02. The van der Waals surface area contributed by atoms with Gasteiger partial charge in [-0.3, -0.25) is 4.79 Å². The van der Waals surface area contributed by atoms with Crippen LogP contribution < -0.4 is 5.32 Å². The summed E-state index contributed by atoms with van der Waals surface area (Å²) in [5.41, 5.74) is 2.35. The maximum Gasteiger partial charge on any atom is 0.257 e. The summed E-state index contributed by atoms with van der Waals surface area (Å²) in [6, 6.07) is 7.45. The number of nitrogens with zero attached hydrogens (tertiary/aromatic N) is 3. The van der Waals surface area contributed by atoms with Gasteiger partial charge in [-0.1, -0.05) is 11.6 Å². The quantitative estimate of drug-likeness (QED) is 0.890. The van der Waals surface area contributed by atoms with Crippen LogP contribution in [0, 0.1) is 12.8 Å². The highest BCUT2D eigenvalue weighted by Gasteiger charge is 2.25. The SMILES string of the molecule is CNCCC1CCN(C(=O)c2cn(-c3ccc(Cl)cc3)nc2C)CC1. The Morgan fingerprint density at radius 3 is 2.60 bits per heavy atom. The first-order chi connectivity index (χ1) is 12.1. The molecule has 0 spiro atoms. The van der Waals surface area contributed by atoms with E-state index in [2.05, 4.69) is 10.4 Å². The largest absolute Gasteiger partial charge is 0.339 e. The van der Waals surface area contributed by atoms with Gasteiger partial charge in [0.15, 0.2) is 0 Å². The number of amides is 1. The minimum absolute atomic E-state index is 0.0878. The van der Waals surface area contributed by atoms with Gasteiger partial charge >= 0.3 is 0 Å². The van der Waals surface area contributed by atoms with E-state index in [4.69, 9.17) is 11.6 Å². The maximum atomic E-state index is 12.9. The third-order valence-corrected chi connectivity index (χ3v) is 5.18. The molecule has 25 heavy (non-hydrogen) atoms. The highest BCUT2D eigenvalue weighted by Crippen LogP contribution is 2.23. The summed E-state index contributed by atoms with van der Waals surface area (Å²) in [7, 11) is 1.99. The first kappa shape index (κ1) is 18.0. The minimum atomic E-state index is 0.0878. The van der Waals surface area contributed by atoms with Crippen LogP contribution in [0.25, 0.3) is 5.69 Å². The standard InChI is InChI=1S/C19H25ClN4O/c1-14-18(13-24(22-14)17-5-3-16(20)4-6-17)19(25)23-11-8-15(9-12-23)7-10-21-2/h3-6,13,15,21H,7-12H2,1-2H3. The van der Waals surface area contributed by atoms with E-state index in [0.29, 0.717) is 10.6 Å². The molecule has 1 aliphatic rings. The van der Waals surface area contributed by atoms with Gasteiger partial charge in [0.1, 0.15) is 0 Å². The monoisotopic (exact) mass is 360 g/mol. The summed E-state index contributed by atoms with van der Waals surface area (Å²) >= 11 is 5.94. The lowest BCUT2D eigenvalue weighted by Crippen LogP contribution is -2.39. The Kier molecular flexibility index (Phi) is 5.76. The van der Waals surface area contributed by atoms with Crippen LogP contribution in [0.1, 0.15) is 35.3 Å². The van der Waals surface area contributed by atoms with Crippen LogP contribution >= 0.6 is 11.6 Å². The highest BCUT2D eigenvalue weighted by molar-refractivity contribution is 6.30. The van der Waals surface area contributed by atoms with Crippen LogP contribution in [0.2, 0.25) is 5.02 Å². The second-order valence-electron chi connectivity index (χ2n) is 6.68. The summed E-state index contributed by atoms with van der Waals surface area (Å²) in [6.45, 7) is 4.60. The van der Waals surface area contributed by atoms with E-state index < -0.39 is 0 Å². The van der Waals surface area contributed by atoms with Crippen molar-refractivity contribution in [3.05, 3.63) is 46.7 Å². The number of hydrogen-bond acceptors (Lipinski definition) is 3. The fourth-order valence-corrected chi connectivity index (χ4v) is 3.47. The lowest BCUT2D eigenvalue weighted by molar-refractivity contribution is 0.0686. The zero-order valence-corrected chi connectivity index (χ0v) is 15.6. The summed E-state index contributed by atoms with van der Waals surface area (Å²) in [5.74, 6) is 0.805. The summed E-state index contributed by atoms with van der Waals surface area (Å²) in [5, 5.41) is 8.39. The van der Waals surface area contributed by atoms with E-state index in [1.54, 1.807) is 4.68 Å². The molecule has 0 radical (unpaired) electrons. The molecule has 2 aromatic rings. The molecular weight excluding hydrogens is 336 g/mol. The molecule has 0 saturated carbocycles. The number of aryl methyl sites for hydroxylation is 1. The fourth-order valence-electron chi connectivity index (χ4n) is 3.34. The molecule has 0 aliphatic carbocycles. The molecule has 134 valence electrons. The van der Waals surface area contributed by atoms with Crippen molar-refractivity contribution < 1.29 is 4.79 Å². The van der Waals surface area contributed by atoms with E-state index in [-0.39, 0.29) is 5.91 Å². The van der Waals surface area contributed by atoms with Crippen LogP contribution in [0.4, 0.5) is 0 Å². The Balaban J connectivity index is 1.68. The smallest absolute Gasteiger partial charge is 0.257 e. The Bertz CT molecular complexity index is 718. The predicted molar refractivity (Wildman–Crippen MR) is 100 cm³/mol. The van der Waals surface area contributed by atoms with Crippen molar-refractivity contribution in [1.82, 2.24) is 20.0 Å². The zero-order valence-electron chi connectivity index (χ0n) is 14.8. The molecule has 6 heteroatoms. The summed E-state index contributed by atoms with van der Waals surface area (Å²) in [6.07, 6.45) is 5.18. The van der Waals surface area contributed by atoms with Crippen LogP contribution in [0.3, 0.4) is 0 Å². The second-order valence-corrected chi connectivity index (χ2v) is 7.11. The molecule has 0 atom stereocenters. The number of piperidine rings is 1. The fraction of sp³-hybridized carbons (Fsp3) is 0.474. The topological polar surface area (TPSA) is 50.2 Å². The van der Waals surface area contributed by atoms with Crippen molar-refractivity contribution in [2.45, 2.75) is 26.2 Å². The van der Waals surface area contributed by atoms with E-state index >= 15 is 0 Å². The molecule has 0 bridgehead atoms. The molecule has 1 N–H and O–H groups in total. The third-order valence-electron chi connectivity index (χ3n) is 4.92. The first-order valence-electron chi connectivity index (χ1n) is 8.84. The molecular formula is C19H25ClN4O. The lowest BCUT2D eigenvalue weighted by atomic mass is 9.93. The van der Waals surface area contributed by atoms with Gasteiger partial charge in [0, 0.05) is 24.3 Å². The van der Waals surface area contributed by atoms with E-state index in [1.165, 1.54) is 6.42 Å². The first-order valence-corrected chi connectivity index (χ1v) is 9.22. The Morgan fingerprint density at radius 1 is 1.28 bits per heavy atom. The Morgan fingerprint density at radius 2 is 1.96 bits per heavy atom.